The predicted molar refractivity (Wildman–Crippen MR) is 44.4 cm³/mol. The van der Waals surface area contributed by atoms with E-state index < -0.39 is 18.2 Å². The summed E-state index contributed by atoms with van der Waals surface area (Å²) in [5.74, 6) is -0.661. The fraction of sp³-hybridized carbons (Fsp3) is 1.00. The maximum atomic E-state index is 9.89. The van der Waals surface area contributed by atoms with Gasteiger partial charge in [-0.05, 0) is 13.8 Å². The first kappa shape index (κ1) is 9.06. The quantitative estimate of drug-likeness (QED) is 0.587. The minimum absolute atomic E-state index is 0.0194. The molecule has 0 spiro atoms. The van der Waals surface area contributed by atoms with E-state index in [-0.39, 0.29) is 18.3 Å². The molecule has 0 aromatic carbocycles. The van der Waals surface area contributed by atoms with Crippen molar-refractivity contribution in [1.29, 1.82) is 0 Å². The molecule has 0 aromatic heterocycles. The van der Waals surface area contributed by atoms with Gasteiger partial charge in [0.15, 0.2) is 12.1 Å². The molecule has 0 unspecified atom stereocenters. The van der Waals surface area contributed by atoms with Gasteiger partial charge in [0.1, 0.15) is 24.4 Å². The molecule has 0 saturated carbocycles. The summed E-state index contributed by atoms with van der Waals surface area (Å²) in [6, 6.07) is 0. The standard InChI is InChI=1S/C9H14O5/c1-9(2)13-7-5(10)6(4-3-11-4)12-8(7)14-9/h4-8,10H,3H2,1-2H3/t4-,5+,6-,7+,8+/m1/s1. The zero-order valence-corrected chi connectivity index (χ0v) is 8.17. The Bertz CT molecular complexity index is 248. The number of epoxide rings is 1. The van der Waals surface area contributed by atoms with Crippen LogP contribution in [0.4, 0.5) is 0 Å². The van der Waals surface area contributed by atoms with Crippen LogP contribution >= 0.6 is 0 Å². The Kier molecular flexibility index (Phi) is 1.73. The molecule has 0 amide bonds. The first-order valence-corrected chi connectivity index (χ1v) is 4.88. The summed E-state index contributed by atoms with van der Waals surface area (Å²) in [5.41, 5.74) is 0. The van der Waals surface area contributed by atoms with Crippen molar-refractivity contribution in [3.8, 4) is 0 Å². The smallest absolute Gasteiger partial charge is 0.190 e. The van der Waals surface area contributed by atoms with Crippen molar-refractivity contribution in [3.05, 3.63) is 0 Å². The largest absolute Gasteiger partial charge is 0.387 e. The average molecular weight is 202 g/mol. The fourth-order valence-electron chi connectivity index (χ4n) is 2.07. The van der Waals surface area contributed by atoms with Gasteiger partial charge in [0.25, 0.3) is 0 Å². The Morgan fingerprint density at radius 3 is 2.50 bits per heavy atom. The Morgan fingerprint density at radius 2 is 1.93 bits per heavy atom. The molecule has 0 aliphatic carbocycles. The highest BCUT2D eigenvalue weighted by atomic mass is 16.8. The van der Waals surface area contributed by atoms with Crippen molar-refractivity contribution in [2.24, 2.45) is 0 Å². The molecular formula is C9H14O5. The third kappa shape index (κ3) is 1.28. The number of aliphatic hydroxyl groups is 1. The van der Waals surface area contributed by atoms with Crippen molar-refractivity contribution >= 4 is 0 Å². The summed E-state index contributed by atoms with van der Waals surface area (Å²) < 4.78 is 21.7. The van der Waals surface area contributed by atoms with E-state index in [9.17, 15) is 5.11 Å². The number of hydrogen-bond acceptors (Lipinski definition) is 5. The van der Waals surface area contributed by atoms with Gasteiger partial charge in [0.2, 0.25) is 0 Å². The summed E-state index contributed by atoms with van der Waals surface area (Å²) in [5, 5.41) is 9.89. The van der Waals surface area contributed by atoms with E-state index >= 15 is 0 Å². The SMILES string of the molecule is CC1(C)O[C@@H]2O[C@H]([C@H]3CO3)[C@H](O)[C@@H]2O1. The molecule has 1 N–H and O–H groups in total. The van der Waals surface area contributed by atoms with Gasteiger partial charge in [0.05, 0.1) is 6.61 Å². The molecule has 80 valence electrons. The molecule has 0 aromatic rings. The lowest BCUT2D eigenvalue weighted by molar-refractivity contribution is -0.216. The minimum atomic E-state index is -0.661. The van der Waals surface area contributed by atoms with Crippen molar-refractivity contribution in [1.82, 2.24) is 0 Å². The predicted octanol–water partition coefficient (Wildman–Crippen LogP) is -0.378. The Hall–Kier alpha value is -0.200. The fourth-order valence-corrected chi connectivity index (χ4v) is 2.07. The zero-order valence-electron chi connectivity index (χ0n) is 8.17. The summed E-state index contributed by atoms with van der Waals surface area (Å²) >= 11 is 0. The maximum absolute atomic E-state index is 9.89. The van der Waals surface area contributed by atoms with E-state index in [4.69, 9.17) is 18.9 Å². The highest BCUT2D eigenvalue weighted by molar-refractivity contribution is 4.98. The molecule has 14 heavy (non-hydrogen) atoms. The summed E-state index contributed by atoms with van der Waals surface area (Å²) in [6.07, 6.45) is -1.74. The van der Waals surface area contributed by atoms with Gasteiger partial charge in [-0.1, -0.05) is 0 Å². The van der Waals surface area contributed by atoms with Crippen LogP contribution in [0.25, 0.3) is 0 Å². The van der Waals surface area contributed by atoms with Gasteiger partial charge in [-0.25, -0.2) is 0 Å². The molecule has 5 nitrogen and oxygen atoms in total. The topological polar surface area (TPSA) is 60.5 Å². The molecule has 3 rings (SSSR count). The lowest BCUT2D eigenvalue weighted by Crippen LogP contribution is -2.37. The van der Waals surface area contributed by atoms with Crippen LogP contribution in [-0.2, 0) is 18.9 Å². The molecule has 0 bridgehead atoms. The van der Waals surface area contributed by atoms with Crippen LogP contribution < -0.4 is 0 Å². The molecule has 3 saturated heterocycles. The minimum Gasteiger partial charge on any atom is -0.387 e. The third-order valence-corrected chi connectivity index (χ3v) is 2.78. The second-order valence-electron chi connectivity index (χ2n) is 4.43. The van der Waals surface area contributed by atoms with E-state index in [1.54, 1.807) is 0 Å². The highest BCUT2D eigenvalue weighted by Gasteiger charge is 2.58. The van der Waals surface area contributed by atoms with Crippen LogP contribution in [0.5, 0.6) is 0 Å². The third-order valence-electron chi connectivity index (χ3n) is 2.78. The summed E-state index contributed by atoms with van der Waals surface area (Å²) in [4.78, 5) is 0. The lowest BCUT2D eigenvalue weighted by atomic mass is 10.1. The van der Waals surface area contributed by atoms with E-state index in [1.807, 2.05) is 13.8 Å². The van der Waals surface area contributed by atoms with Crippen molar-refractivity contribution in [3.63, 3.8) is 0 Å². The van der Waals surface area contributed by atoms with E-state index in [0.717, 1.165) is 0 Å². The summed E-state index contributed by atoms with van der Waals surface area (Å²) in [7, 11) is 0. The second kappa shape index (κ2) is 2.68. The molecule has 3 fully saturated rings. The van der Waals surface area contributed by atoms with E-state index in [0.29, 0.717) is 6.61 Å². The van der Waals surface area contributed by atoms with Crippen LogP contribution in [-0.4, -0.2) is 48.2 Å². The van der Waals surface area contributed by atoms with Crippen LogP contribution in [0.1, 0.15) is 13.8 Å². The number of hydrogen-bond donors (Lipinski definition) is 1. The number of ether oxygens (including phenoxy) is 4. The zero-order chi connectivity index (χ0) is 9.92. The van der Waals surface area contributed by atoms with Gasteiger partial charge >= 0.3 is 0 Å². The van der Waals surface area contributed by atoms with E-state index in [1.165, 1.54) is 0 Å². The first-order valence-electron chi connectivity index (χ1n) is 4.88. The van der Waals surface area contributed by atoms with Gasteiger partial charge in [-0.2, -0.15) is 0 Å². The Balaban J connectivity index is 1.74. The number of rotatable bonds is 1. The normalized spacial score (nSPS) is 54.6. The van der Waals surface area contributed by atoms with Crippen LogP contribution in [0, 0.1) is 0 Å². The van der Waals surface area contributed by atoms with Gasteiger partial charge < -0.3 is 24.1 Å². The van der Waals surface area contributed by atoms with Gasteiger partial charge in [-0.15, -0.1) is 0 Å². The monoisotopic (exact) mass is 202 g/mol. The van der Waals surface area contributed by atoms with Crippen molar-refractivity contribution in [2.75, 3.05) is 6.61 Å². The number of fused-ring (bicyclic) bond motifs is 1. The van der Waals surface area contributed by atoms with Crippen LogP contribution in [0.2, 0.25) is 0 Å². The van der Waals surface area contributed by atoms with Gasteiger partial charge in [0, 0.05) is 0 Å². The molecule has 3 heterocycles. The molecular weight excluding hydrogens is 188 g/mol. The van der Waals surface area contributed by atoms with Crippen molar-refractivity contribution in [2.45, 2.75) is 50.3 Å². The first-order chi connectivity index (χ1) is 6.57. The maximum Gasteiger partial charge on any atom is 0.190 e. The Morgan fingerprint density at radius 1 is 1.21 bits per heavy atom. The van der Waals surface area contributed by atoms with Crippen molar-refractivity contribution < 1.29 is 24.1 Å². The number of aliphatic hydroxyl groups excluding tert-OH is 1. The molecule has 3 aliphatic heterocycles. The molecule has 5 heteroatoms. The molecule has 5 atom stereocenters. The Labute approximate surface area is 81.9 Å². The highest BCUT2D eigenvalue weighted by Crippen LogP contribution is 2.40. The molecule has 3 aliphatic rings. The van der Waals surface area contributed by atoms with Gasteiger partial charge in [-0.3, -0.25) is 0 Å². The average Bonchev–Trinajstić information content (AvgIpc) is 2.81. The lowest BCUT2D eigenvalue weighted by Gasteiger charge is -2.21. The van der Waals surface area contributed by atoms with Crippen LogP contribution in [0.15, 0.2) is 0 Å². The second-order valence-corrected chi connectivity index (χ2v) is 4.43. The summed E-state index contributed by atoms with van der Waals surface area (Å²) in [6.45, 7) is 4.28. The van der Waals surface area contributed by atoms with E-state index in [2.05, 4.69) is 0 Å². The molecule has 0 radical (unpaired) electrons. The van der Waals surface area contributed by atoms with Crippen LogP contribution in [0.3, 0.4) is 0 Å².